The highest BCUT2D eigenvalue weighted by Crippen LogP contribution is 2.12. The molecule has 4 heteroatoms. The summed E-state index contributed by atoms with van der Waals surface area (Å²) in [6.45, 7) is 4.88. The van der Waals surface area contributed by atoms with Gasteiger partial charge in [0.05, 0.1) is 6.54 Å². The number of carbonyl (C=O) groups is 1. The summed E-state index contributed by atoms with van der Waals surface area (Å²) in [5, 5.41) is 2.92. The third-order valence-corrected chi connectivity index (χ3v) is 3.33. The van der Waals surface area contributed by atoms with E-state index in [0.29, 0.717) is 13.1 Å². The molecule has 3 N–H and O–H groups in total. The highest BCUT2D eigenvalue weighted by molar-refractivity contribution is 5.92. The molecule has 2 rings (SSSR count). The van der Waals surface area contributed by atoms with E-state index in [1.165, 1.54) is 5.57 Å². The van der Waals surface area contributed by atoms with Gasteiger partial charge >= 0.3 is 0 Å². The van der Waals surface area contributed by atoms with E-state index in [9.17, 15) is 4.79 Å². The molecule has 1 amide bonds. The fourth-order valence-electron chi connectivity index (χ4n) is 2.14. The Labute approximate surface area is 114 Å². The number of hydrogen-bond donors (Lipinski definition) is 2. The Morgan fingerprint density at radius 2 is 2.32 bits per heavy atom. The fourth-order valence-corrected chi connectivity index (χ4v) is 2.14. The zero-order valence-corrected chi connectivity index (χ0v) is 11.4. The maximum atomic E-state index is 12.0. The minimum Gasteiger partial charge on any atom is -0.326 e. The van der Waals surface area contributed by atoms with Gasteiger partial charge in [-0.3, -0.25) is 9.69 Å². The van der Waals surface area contributed by atoms with Gasteiger partial charge < -0.3 is 11.1 Å². The SMILES string of the molecule is CC1=CCN(CC(=O)Nc2cccc(CN)c2)CC1. The second kappa shape index (κ2) is 6.50. The summed E-state index contributed by atoms with van der Waals surface area (Å²) in [5.74, 6) is 0.0297. The molecule has 0 unspecified atom stereocenters. The molecule has 102 valence electrons. The smallest absolute Gasteiger partial charge is 0.238 e. The van der Waals surface area contributed by atoms with Crippen molar-refractivity contribution in [1.29, 1.82) is 0 Å². The monoisotopic (exact) mass is 259 g/mol. The number of rotatable bonds is 4. The average molecular weight is 259 g/mol. The third-order valence-electron chi connectivity index (χ3n) is 3.33. The van der Waals surface area contributed by atoms with Crippen LogP contribution in [-0.2, 0) is 11.3 Å². The summed E-state index contributed by atoms with van der Waals surface area (Å²) in [6, 6.07) is 7.66. The Hall–Kier alpha value is -1.65. The molecule has 0 spiro atoms. The van der Waals surface area contributed by atoms with Gasteiger partial charge in [0.2, 0.25) is 5.91 Å². The molecule has 0 atom stereocenters. The number of carbonyl (C=O) groups excluding carboxylic acids is 1. The summed E-state index contributed by atoms with van der Waals surface area (Å²) in [4.78, 5) is 14.1. The molecule has 4 nitrogen and oxygen atoms in total. The van der Waals surface area contributed by atoms with E-state index in [1.54, 1.807) is 0 Å². The van der Waals surface area contributed by atoms with Gasteiger partial charge in [-0.1, -0.05) is 23.8 Å². The number of hydrogen-bond acceptors (Lipinski definition) is 3. The molecule has 1 aliphatic rings. The highest BCUT2D eigenvalue weighted by Gasteiger charge is 2.13. The van der Waals surface area contributed by atoms with Gasteiger partial charge in [-0.25, -0.2) is 0 Å². The molecule has 0 saturated carbocycles. The molecule has 0 aliphatic carbocycles. The maximum absolute atomic E-state index is 12.0. The second-order valence-electron chi connectivity index (χ2n) is 4.99. The average Bonchev–Trinajstić information content (AvgIpc) is 2.41. The van der Waals surface area contributed by atoms with Gasteiger partial charge in [-0.2, -0.15) is 0 Å². The lowest BCUT2D eigenvalue weighted by Gasteiger charge is -2.24. The summed E-state index contributed by atoms with van der Waals surface area (Å²) in [5.41, 5.74) is 8.83. The first kappa shape index (κ1) is 13.8. The Bertz CT molecular complexity index is 482. The lowest BCUT2D eigenvalue weighted by Crippen LogP contribution is -2.36. The molecule has 1 heterocycles. The van der Waals surface area contributed by atoms with Crippen LogP contribution in [0.5, 0.6) is 0 Å². The van der Waals surface area contributed by atoms with Crippen molar-refractivity contribution in [2.45, 2.75) is 19.9 Å². The zero-order valence-electron chi connectivity index (χ0n) is 11.4. The quantitative estimate of drug-likeness (QED) is 0.810. The topological polar surface area (TPSA) is 58.4 Å². The van der Waals surface area contributed by atoms with Crippen molar-refractivity contribution in [1.82, 2.24) is 4.90 Å². The standard InChI is InChI=1S/C15H21N3O/c1-12-5-7-18(8-6-12)11-15(19)17-14-4-2-3-13(9-14)10-16/h2-5,9H,6-8,10-11,16H2,1H3,(H,17,19). The molecule has 0 radical (unpaired) electrons. The van der Waals surface area contributed by atoms with E-state index < -0.39 is 0 Å². The molecule has 0 fully saturated rings. The summed E-state index contributed by atoms with van der Waals surface area (Å²) in [7, 11) is 0. The van der Waals surface area contributed by atoms with E-state index in [4.69, 9.17) is 5.73 Å². The van der Waals surface area contributed by atoms with Crippen molar-refractivity contribution in [2.75, 3.05) is 25.0 Å². The van der Waals surface area contributed by atoms with Crippen molar-refractivity contribution in [3.8, 4) is 0 Å². The Kier molecular flexibility index (Phi) is 4.71. The van der Waals surface area contributed by atoms with Crippen LogP contribution in [-0.4, -0.2) is 30.4 Å². The van der Waals surface area contributed by atoms with Crippen LogP contribution < -0.4 is 11.1 Å². The zero-order chi connectivity index (χ0) is 13.7. The number of nitrogens with zero attached hydrogens (tertiary/aromatic N) is 1. The first-order valence-electron chi connectivity index (χ1n) is 6.64. The van der Waals surface area contributed by atoms with Crippen LogP contribution >= 0.6 is 0 Å². The molecule has 1 aromatic carbocycles. The highest BCUT2D eigenvalue weighted by atomic mass is 16.2. The van der Waals surface area contributed by atoms with Crippen LogP contribution in [0.2, 0.25) is 0 Å². The molecule has 0 saturated heterocycles. The van der Waals surface area contributed by atoms with Gasteiger partial charge in [-0.15, -0.1) is 0 Å². The Balaban J connectivity index is 1.87. The van der Waals surface area contributed by atoms with Gasteiger partial charge in [0, 0.05) is 25.3 Å². The van der Waals surface area contributed by atoms with Crippen LogP contribution in [0.1, 0.15) is 18.9 Å². The number of anilines is 1. The van der Waals surface area contributed by atoms with Crippen molar-refractivity contribution < 1.29 is 4.79 Å². The van der Waals surface area contributed by atoms with E-state index >= 15 is 0 Å². The predicted octanol–water partition coefficient (Wildman–Crippen LogP) is 1.74. The first-order valence-corrected chi connectivity index (χ1v) is 6.64. The van der Waals surface area contributed by atoms with Crippen LogP contribution in [0.15, 0.2) is 35.9 Å². The molecule has 1 aliphatic heterocycles. The van der Waals surface area contributed by atoms with Gasteiger partial charge in [0.15, 0.2) is 0 Å². The van der Waals surface area contributed by atoms with E-state index in [2.05, 4.69) is 23.2 Å². The van der Waals surface area contributed by atoms with Crippen LogP contribution in [0, 0.1) is 0 Å². The summed E-state index contributed by atoms with van der Waals surface area (Å²) in [6.07, 6.45) is 3.24. The number of nitrogens with two attached hydrogens (primary N) is 1. The van der Waals surface area contributed by atoms with Crippen molar-refractivity contribution in [3.63, 3.8) is 0 Å². The number of nitrogens with one attached hydrogen (secondary N) is 1. The molecule has 0 bridgehead atoms. The molecule has 1 aromatic rings. The van der Waals surface area contributed by atoms with Crippen LogP contribution in [0.4, 0.5) is 5.69 Å². The van der Waals surface area contributed by atoms with Crippen LogP contribution in [0.3, 0.4) is 0 Å². The molecular weight excluding hydrogens is 238 g/mol. The predicted molar refractivity (Wildman–Crippen MR) is 77.8 cm³/mol. The third kappa shape index (κ3) is 4.19. The number of amides is 1. The van der Waals surface area contributed by atoms with E-state index in [0.717, 1.165) is 30.8 Å². The molecular formula is C15H21N3O. The largest absolute Gasteiger partial charge is 0.326 e. The number of benzene rings is 1. The summed E-state index contributed by atoms with van der Waals surface area (Å²) < 4.78 is 0. The van der Waals surface area contributed by atoms with Crippen LogP contribution in [0.25, 0.3) is 0 Å². The molecule has 19 heavy (non-hydrogen) atoms. The van der Waals surface area contributed by atoms with Crippen molar-refractivity contribution in [2.24, 2.45) is 5.73 Å². The van der Waals surface area contributed by atoms with Gasteiger partial charge in [0.25, 0.3) is 0 Å². The Morgan fingerprint density at radius 1 is 1.47 bits per heavy atom. The van der Waals surface area contributed by atoms with E-state index in [1.807, 2.05) is 24.3 Å². The second-order valence-corrected chi connectivity index (χ2v) is 4.99. The lowest BCUT2D eigenvalue weighted by atomic mass is 10.1. The minimum absolute atomic E-state index is 0.0297. The lowest BCUT2D eigenvalue weighted by molar-refractivity contribution is -0.117. The summed E-state index contributed by atoms with van der Waals surface area (Å²) >= 11 is 0. The van der Waals surface area contributed by atoms with Gasteiger partial charge in [-0.05, 0) is 31.0 Å². The minimum atomic E-state index is 0.0297. The van der Waals surface area contributed by atoms with E-state index in [-0.39, 0.29) is 5.91 Å². The maximum Gasteiger partial charge on any atom is 0.238 e. The Morgan fingerprint density at radius 3 is 3.00 bits per heavy atom. The first-order chi connectivity index (χ1) is 9.17. The van der Waals surface area contributed by atoms with Crippen molar-refractivity contribution in [3.05, 3.63) is 41.5 Å². The fraction of sp³-hybridized carbons (Fsp3) is 0.400. The molecule has 0 aromatic heterocycles. The van der Waals surface area contributed by atoms with Crippen molar-refractivity contribution >= 4 is 11.6 Å². The normalized spacial score (nSPS) is 16.0. The van der Waals surface area contributed by atoms with Gasteiger partial charge in [0.1, 0.15) is 0 Å².